The van der Waals surface area contributed by atoms with E-state index in [1.165, 1.54) is 6.08 Å². The van der Waals surface area contributed by atoms with Crippen molar-refractivity contribution in [2.24, 2.45) is 0 Å². The Morgan fingerprint density at radius 3 is 2.30 bits per heavy atom. The number of hydrogen-bond acceptors (Lipinski definition) is 3. The first-order valence-electron chi connectivity index (χ1n) is 8.92. The molecule has 0 saturated carbocycles. The predicted molar refractivity (Wildman–Crippen MR) is 127 cm³/mol. The van der Waals surface area contributed by atoms with Crippen LogP contribution < -0.4 is 10.1 Å². The summed E-state index contributed by atoms with van der Waals surface area (Å²) in [6, 6.07) is 21.9. The molecule has 0 bridgehead atoms. The first kappa shape index (κ1) is 22.0. The molecular formula is C23H17BrINO4. The van der Waals surface area contributed by atoms with Gasteiger partial charge in [-0.3, -0.25) is 4.79 Å². The van der Waals surface area contributed by atoms with E-state index < -0.39 is 11.9 Å². The molecule has 1 amide bonds. The van der Waals surface area contributed by atoms with E-state index in [1.54, 1.807) is 36.4 Å². The minimum absolute atomic E-state index is 0.0837. The lowest BCUT2D eigenvalue weighted by molar-refractivity contribution is -0.134. The fourth-order valence-corrected chi connectivity index (χ4v) is 3.35. The molecule has 2 N–H and O–H groups in total. The molecule has 30 heavy (non-hydrogen) atoms. The van der Waals surface area contributed by atoms with Gasteiger partial charge in [0.2, 0.25) is 5.91 Å². The van der Waals surface area contributed by atoms with E-state index in [-0.39, 0.29) is 12.1 Å². The molecule has 0 saturated heterocycles. The van der Waals surface area contributed by atoms with Crippen LogP contribution in [0.25, 0.3) is 6.08 Å². The minimum Gasteiger partial charge on any atom is -0.477 e. The Kier molecular flexibility index (Phi) is 7.64. The fraction of sp³-hybridized carbons (Fsp3) is 0.0435. The maximum atomic E-state index is 12.2. The van der Waals surface area contributed by atoms with E-state index in [0.29, 0.717) is 11.3 Å². The van der Waals surface area contributed by atoms with Crippen LogP contribution in [0.5, 0.6) is 11.5 Å². The zero-order chi connectivity index (χ0) is 21.5. The van der Waals surface area contributed by atoms with Crippen LogP contribution in [-0.2, 0) is 16.0 Å². The number of carbonyl (C=O) groups is 2. The number of carbonyl (C=O) groups excluding carboxylic acids is 1. The molecule has 3 aromatic rings. The molecule has 0 atom stereocenters. The van der Waals surface area contributed by atoms with Crippen molar-refractivity contribution >= 4 is 56.5 Å². The molecular weight excluding hydrogens is 561 g/mol. The van der Waals surface area contributed by atoms with Gasteiger partial charge in [-0.1, -0.05) is 52.3 Å². The number of halogens is 2. The van der Waals surface area contributed by atoms with Crippen molar-refractivity contribution in [1.29, 1.82) is 0 Å². The average molecular weight is 578 g/mol. The summed E-state index contributed by atoms with van der Waals surface area (Å²) in [5, 5.41) is 11.9. The number of nitrogens with one attached hydrogen (secondary N) is 1. The van der Waals surface area contributed by atoms with Gasteiger partial charge in [-0.2, -0.15) is 0 Å². The zero-order valence-corrected chi connectivity index (χ0v) is 19.4. The Hall–Kier alpha value is -2.65. The highest BCUT2D eigenvalue weighted by Crippen LogP contribution is 2.26. The average Bonchev–Trinajstić information content (AvgIpc) is 2.72. The topological polar surface area (TPSA) is 75.6 Å². The third-order valence-corrected chi connectivity index (χ3v) is 5.46. The quantitative estimate of drug-likeness (QED) is 0.282. The van der Waals surface area contributed by atoms with Crippen molar-refractivity contribution in [3.8, 4) is 11.5 Å². The van der Waals surface area contributed by atoms with E-state index in [4.69, 9.17) is 4.74 Å². The molecule has 5 nitrogen and oxygen atoms in total. The van der Waals surface area contributed by atoms with Gasteiger partial charge in [0.1, 0.15) is 17.2 Å². The summed E-state index contributed by atoms with van der Waals surface area (Å²) in [5.74, 6) is -0.233. The highest BCUT2D eigenvalue weighted by molar-refractivity contribution is 14.1. The fourth-order valence-electron chi connectivity index (χ4n) is 2.59. The van der Waals surface area contributed by atoms with Crippen molar-refractivity contribution in [3.63, 3.8) is 0 Å². The standard InChI is InChI=1S/C23H17BrINO4/c24-17-9-5-16(6-10-17)14-22(27)26-20(23(28)29)13-15-7-11-18(12-8-15)30-21-4-2-1-3-19(21)25/h1-13H,14H2,(H,26,27)(H,28,29)/b20-13-. The number of amides is 1. The Balaban J connectivity index is 1.68. The van der Waals surface area contributed by atoms with E-state index in [0.717, 1.165) is 19.4 Å². The van der Waals surface area contributed by atoms with Crippen molar-refractivity contribution in [3.05, 3.63) is 97.7 Å². The molecule has 0 radical (unpaired) electrons. The number of carboxylic acids is 1. The molecule has 0 fully saturated rings. The first-order chi connectivity index (χ1) is 14.4. The smallest absolute Gasteiger partial charge is 0.352 e. The van der Waals surface area contributed by atoms with Gasteiger partial charge in [-0.05, 0) is 76.2 Å². The van der Waals surface area contributed by atoms with Gasteiger partial charge in [0.05, 0.1) is 9.99 Å². The van der Waals surface area contributed by atoms with E-state index in [2.05, 4.69) is 43.8 Å². The van der Waals surface area contributed by atoms with Crippen molar-refractivity contribution < 1.29 is 19.4 Å². The summed E-state index contributed by atoms with van der Waals surface area (Å²) in [5.41, 5.74) is 1.23. The number of hydrogen-bond donors (Lipinski definition) is 2. The largest absolute Gasteiger partial charge is 0.477 e. The van der Waals surface area contributed by atoms with Gasteiger partial charge in [0, 0.05) is 4.47 Å². The maximum absolute atomic E-state index is 12.2. The Morgan fingerprint density at radius 1 is 1.00 bits per heavy atom. The Morgan fingerprint density at radius 2 is 1.67 bits per heavy atom. The van der Waals surface area contributed by atoms with Crippen molar-refractivity contribution in [2.75, 3.05) is 0 Å². The highest BCUT2D eigenvalue weighted by atomic mass is 127. The molecule has 152 valence electrons. The number of rotatable bonds is 7. The Bertz CT molecular complexity index is 1080. The summed E-state index contributed by atoms with van der Waals surface area (Å²) in [4.78, 5) is 23.8. The third-order valence-electron chi connectivity index (χ3n) is 4.04. The lowest BCUT2D eigenvalue weighted by atomic mass is 10.1. The second kappa shape index (κ2) is 10.4. The van der Waals surface area contributed by atoms with Gasteiger partial charge >= 0.3 is 5.97 Å². The molecule has 0 aliphatic rings. The molecule has 0 spiro atoms. The van der Waals surface area contributed by atoms with E-state index in [9.17, 15) is 14.7 Å². The van der Waals surface area contributed by atoms with Gasteiger partial charge in [0.25, 0.3) is 0 Å². The lowest BCUT2D eigenvalue weighted by Crippen LogP contribution is -2.28. The van der Waals surface area contributed by atoms with Gasteiger partial charge < -0.3 is 15.2 Å². The van der Waals surface area contributed by atoms with Crippen LogP contribution in [0.2, 0.25) is 0 Å². The van der Waals surface area contributed by atoms with Crippen LogP contribution in [0.15, 0.2) is 83.0 Å². The number of para-hydroxylation sites is 1. The second-order valence-corrected chi connectivity index (χ2v) is 8.39. The third kappa shape index (κ3) is 6.43. The van der Waals surface area contributed by atoms with Gasteiger partial charge in [0.15, 0.2) is 0 Å². The van der Waals surface area contributed by atoms with Gasteiger partial charge in [-0.15, -0.1) is 0 Å². The normalized spacial score (nSPS) is 11.1. The summed E-state index contributed by atoms with van der Waals surface area (Å²) in [6.45, 7) is 0. The maximum Gasteiger partial charge on any atom is 0.352 e. The summed E-state index contributed by atoms with van der Waals surface area (Å²) < 4.78 is 7.73. The predicted octanol–water partition coefficient (Wildman–Crippen LogP) is 5.63. The zero-order valence-electron chi connectivity index (χ0n) is 15.6. The second-order valence-electron chi connectivity index (χ2n) is 6.32. The molecule has 0 heterocycles. The van der Waals surface area contributed by atoms with Crippen LogP contribution in [0, 0.1) is 3.57 Å². The van der Waals surface area contributed by atoms with Crippen LogP contribution in [0.3, 0.4) is 0 Å². The van der Waals surface area contributed by atoms with Crippen molar-refractivity contribution in [1.82, 2.24) is 5.32 Å². The summed E-state index contributed by atoms with van der Waals surface area (Å²) >= 11 is 5.53. The molecule has 0 aliphatic carbocycles. The molecule has 0 aliphatic heterocycles. The number of carboxylic acid groups (broad SMARTS) is 1. The summed E-state index contributed by atoms with van der Waals surface area (Å²) in [6.07, 6.45) is 1.50. The molecule has 0 unspecified atom stereocenters. The van der Waals surface area contributed by atoms with Crippen molar-refractivity contribution in [2.45, 2.75) is 6.42 Å². The van der Waals surface area contributed by atoms with E-state index in [1.807, 2.05) is 36.4 Å². The number of aliphatic carboxylic acids is 1. The summed E-state index contributed by atoms with van der Waals surface area (Å²) in [7, 11) is 0. The first-order valence-corrected chi connectivity index (χ1v) is 10.8. The lowest BCUT2D eigenvalue weighted by Gasteiger charge is -2.09. The van der Waals surface area contributed by atoms with Crippen LogP contribution in [0.1, 0.15) is 11.1 Å². The molecule has 3 aromatic carbocycles. The molecule has 3 rings (SSSR count). The van der Waals surface area contributed by atoms with Crippen LogP contribution in [-0.4, -0.2) is 17.0 Å². The molecule has 7 heteroatoms. The monoisotopic (exact) mass is 577 g/mol. The minimum atomic E-state index is -1.21. The SMILES string of the molecule is O=C(Cc1ccc(Br)cc1)N/C(=C\c1ccc(Oc2ccccc2I)cc1)C(=O)O. The van der Waals surface area contributed by atoms with Crippen LogP contribution in [0.4, 0.5) is 0 Å². The van der Waals surface area contributed by atoms with Crippen LogP contribution >= 0.6 is 38.5 Å². The highest BCUT2D eigenvalue weighted by Gasteiger charge is 2.12. The Labute approximate surface area is 196 Å². The number of ether oxygens (including phenoxy) is 1. The van der Waals surface area contributed by atoms with Gasteiger partial charge in [-0.25, -0.2) is 4.79 Å². The molecule has 0 aromatic heterocycles. The van der Waals surface area contributed by atoms with E-state index >= 15 is 0 Å². The number of benzene rings is 3.